The van der Waals surface area contributed by atoms with Crippen LogP contribution in [-0.2, 0) is 0 Å². The van der Waals surface area contributed by atoms with Gasteiger partial charge in [0.1, 0.15) is 17.5 Å². The van der Waals surface area contributed by atoms with Gasteiger partial charge in [0.2, 0.25) is 0 Å². The van der Waals surface area contributed by atoms with Crippen LogP contribution in [0.5, 0.6) is 0 Å². The second-order valence-corrected chi connectivity index (χ2v) is 4.20. The zero-order valence-electron chi connectivity index (χ0n) is 9.81. The van der Waals surface area contributed by atoms with Crippen molar-refractivity contribution in [3.63, 3.8) is 0 Å². The minimum atomic E-state index is -0.286. The van der Waals surface area contributed by atoms with Crippen molar-refractivity contribution >= 4 is 5.82 Å². The Morgan fingerprint density at radius 2 is 1.94 bits per heavy atom. The second-order valence-electron chi connectivity index (χ2n) is 4.20. The molecule has 0 aliphatic rings. The normalized spacial score (nSPS) is 10.8. The number of nitrogens with two attached hydrogens (primary N) is 1. The molecule has 1 aromatic heterocycles. The molecule has 0 saturated heterocycles. The smallest absolute Gasteiger partial charge is 0.133 e. The summed E-state index contributed by atoms with van der Waals surface area (Å²) in [6.45, 7) is 3.98. The van der Waals surface area contributed by atoms with E-state index in [0.717, 1.165) is 0 Å². The fraction of sp³-hybridized carbons (Fsp3) is 0.231. The SMILES string of the molecule is CC(C)c1nc(N)cc(-c2cccc(F)c2)n1. The zero-order chi connectivity index (χ0) is 12.4. The monoisotopic (exact) mass is 231 g/mol. The van der Waals surface area contributed by atoms with E-state index in [2.05, 4.69) is 9.97 Å². The van der Waals surface area contributed by atoms with E-state index < -0.39 is 0 Å². The number of nitrogen functional groups attached to an aromatic ring is 1. The molecule has 2 rings (SSSR count). The molecule has 0 aliphatic carbocycles. The van der Waals surface area contributed by atoms with E-state index in [1.165, 1.54) is 12.1 Å². The van der Waals surface area contributed by atoms with Gasteiger partial charge in [-0.1, -0.05) is 26.0 Å². The average Bonchev–Trinajstić information content (AvgIpc) is 2.28. The molecule has 3 nitrogen and oxygen atoms in total. The van der Waals surface area contributed by atoms with Gasteiger partial charge in [-0.05, 0) is 12.1 Å². The summed E-state index contributed by atoms with van der Waals surface area (Å²) in [5.74, 6) is 0.976. The maximum absolute atomic E-state index is 13.1. The Labute approximate surface area is 99.5 Å². The summed E-state index contributed by atoms with van der Waals surface area (Å²) in [4.78, 5) is 8.54. The summed E-state index contributed by atoms with van der Waals surface area (Å²) in [5.41, 5.74) is 7.09. The lowest BCUT2D eigenvalue weighted by Crippen LogP contribution is -2.02. The van der Waals surface area contributed by atoms with Crippen LogP contribution >= 0.6 is 0 Å². The highest BCUT2D eigenvalue weighted by atomic mass is 19.1. The highest BCUT2D eigenvalue weighted by Gasteiger charge is 2.08. The maximum Gasteiger partial charge on any atom is 0.133 e. The summed E-state index contributed by atoms with van der Waals surface area (Å²) < 4.78 is 13.1. The minimum Gasteiger partial charge on any atom is -0.384 e. The highest BCUT2D eigenvalue weighted by molar-refractivity contribution is 5.61. The quantitative estimate of drug-likeness (QED) is 0.864. The summed E-state index contributed by atoms with van der Waals surface area (Å²) in [6, 6.07) is 7.94. The summed E-state index contributed by atoms with van der Waals surface area (Å²) in [5, 5.41) is 0. The third kappa shape index (κ3) is 2.58. The maximum atomic E-state index is 13.1. The first kappa shape index (κ1) is 11.5. The Balaban J connectivity index is 2.52. The molecule has 4 heteroatoms. The molecular formula is C13H14FN3. The Morgan fingerprint density at radius 3 is 2.59 bits per heavy atom. The van der Waals surface area contributed by atoms with Gasteiger partial charge in [-0.25, -0.2) is 14.4 Å². The number of halogens is 1. The number of benzene rings is 1. The molecule has 0 unspecified atom stereocenters. The van der Waals surface area contributed by atoms with Crippen molar-refractivity contribution in [1.29, 1.82) is 0 Å². The van der Waals surface area contributed by atoms with Gasteiger partial charge in [0.15, 0.2) is 0 Å². The van der Waals surface area contributed by atoms with Crippen LogP contribution in [0, 0.1) is 5.82 Å². The zero-order valence-corrected chi connectivity index (χ0v) is 9.81. The Bertz CT molecular complexity index is 538. The Hall–Kier alpha value is -1.97. The number of nitrogens with zero attached hydrogens (tertiary/aromatic N) is 2. The molecule has 0 amide bonds. The molecule has 0 spiro atoms. The molecule has 0 atom stereocenters. The summed E-state index contributed by atoms with van der Waals surface area (Å²) in [7, 11) is 0. The van der Waals surface area contributed by atoms with Crippen LogP contribution in [0.4, 0.5) is 10.2 Å². The largest absolute Gasteiger partial charge is 0.384 e. The summed E-state index contributed by atoms with van der Waals surface area (Å²) in [6.07, 6.45) is 0. The molecular weight excluding hydrogens is 217 g/mol. The van der Waals surface area contributed by atoms with Gasteiger partial charge < -0.3 is 5.73 Å². The molecule has 88 valence electrons. The molecule has 1 heterocycles. The van der Waals surface area contributed by atoms with Crippen molar-refractivity contribution in [2.45, 2.75) is 19.8 Å². The van der Waals surface area contributed by atoms with E-state index in [0.29, 0.717) is 22.9 Å². The van der Waals surface area contributed by atoms with E-state index in [9.17, 15) is 4.39 Å². The number of rotatable bonds is 2. The van der Waals surface area contributed by atoms with Crippen LogP contribution < -0.4 is 5.73 Å². The fourth-order valence-electron chi connectivity index (χ4n) is 1.54. The van der Waals surface area contributed by atoms with E-state index in [1.807, 2.05) is 13.8 Å². The summed E-state index contributed by atoms with van der Waals surface area (Å²) >= 11 is 0. The number of anilines is 1. The first-order valence-corrected chi connectivity index (χ1v) is 5.46. The molecule has 0 fully saturated rings. The standard InChI is InChI=1S/C13H14FN3/c1-8(2)13-16-11(7-12(15)17-13)9-4-3-5-10(14)6-9/h3-8H,1-2H3,(H2,15,16,17). The van der Waals surface area contributed by atoms with Gasteiger partial charge in [-0.15, -0.1) is 0 Å². The van der Waals surface area contributed by atoms with Crippen molar-refractivity contribution in [3.8, 4) is 11.3 Å². The molecule has 2 aromatic rings. The highest BCUT2D eigenvalue weighted by Crippen LogP contribution is 2.21. The molecule has 0 saturated carbocycles. The number of hydrogen-bond acceptors (Lipinski definition) is 3. The number of hydrogen-bond donors (Lipinski definition) is 1. The molecule has 2 N–H and O–H groups in total. The van der Waals surface area contributed by atoms with Gasteiger partial charge in [-0.3, -0.25) is 0 Å². The Kier molecular flexibility index (Phi) is 3.04. The van der Waals surface area contributed by atoms with Crippen molar-refractivity contribution in [2.24, 2.45) is 0 Å². The lowest BCUT2D eigenvalue weighted by molar-refractivity contribution is 0.628. The second kappa shape index (κ2) is 4.49. The van der Waals surface area contributed by atoms with Gasteiger partial charge in [0.05, 0.1) is 5.69 Å². The molecule has 0 bridgehead atoms. The van der Waals surface area contributed by atoms with Gasteiger partial charge in [0, 0.05) is 17.5 Å². The molecule has 0 aliphatic heterocycles. The van der Waals surface area contributed by atoms with Gasteiger partial charge in [0.25, 0.3) is 0 Å². The van der Waals surface area contributed by atoms with Gasteiger partial charge in [-0.2, -0.15) is 0 Å². The first-order chi connectivity index (χ1) is 8.06. The van der Waals surface area contributed by atoms with E-state index in [-0.39, 0.29) is 11.7 Å². The third-order valence-corrected chi connectivity index (χ3v) is 2.40. The topological polar surface area (TPSA) is 51.8 Å². The van der Waals surface area contributed by atoms with Crippen LogP contribution in [0.2, 0.25) is 0 Å². The average molecular weight is 231 g/mol. The van der Waals surface area contributed by atoms with Crippen LogP contribution in [0.15, 0.2) is 30.3 Å². The lowest BCUT2D eigenvalue weighted by Gasteiger charge is -2.08. The van der Waals surface area contributed by atoms with Crippen molar-refractivity contribution < 1.29 is 4.39 Å². The van der Waals surface area contributed by atoms with Crippen LogP contribution in [-0.4, -0.2) is 9.97 Å². The van der Waals surface area contributed by atoms with E-state index in [4.69, 9.17) is 5.73 Å². The molecule has 0 radical (unpaired) electrons. The fourth-order valence-corrected chi connectivity index (χ4v) is 1.54. The first-order valence-electron chi connectivity index (χ1n) is 5.46. The lowest BCUT2D eigenvalue weighted by atomic mass is 10.1. The van der Waals surface area contributed by atoms with Crippen LogP contribution in [0.1, 0.15) is 25.6 Å². The predicted molar refractivity (Wildman–Crippen MR) is 65.9 cm³/mol. The van der Waals surface area contributed by atoms with Crippen molar-refractivity contribution in [1.82, 2.24) is 9.97 Å². The van der Waals surface area contributed by atoms with E-state index >= 15 is 0 Å². The van der Waals surface area contributed by atoms with Crippen LogP contribution in [0.3, 0.4) is 0 Å². The molecule has 17 heavy (non-hydrogen) atoms. The minimum absolute atomic E-state index is 0.186. The van der Waals surface area contributed by atoms with Crippen molar-refractivity contribution in [3.05, 3.63) is 42.0 Å². The third-order valence-electron chi connectivity index (χ3n) is 2.40. The van der Waals surface area contributed by atoms with Gasteiger partial charge >= 0.3 is 0 Å². The van der Waals surface area contributed by atoms with Crippen LogP contribution in [0.25, 0.3) is 11.3 Å². The number of aromatic nitrogens is 2. The Morgan fingerprint density at radius 1 is 1.18 bits per heavy atom. The predicted octanol–water partition coefficient (Wildman–Crippen LogP) is 2.99. The molecule has 1 aromatic carbocycles. The van der Waals surface area contributed by atoms with Crippen molar-refractivity contribution in [2.75, 3.05) is 5.73 Å². The van der Waals surface area contributed by atoms with E-state index in [1.54, 1.807) is 18.2 Å².